The Kier molecular flexibility index (Phi) is 76.1. The fourth-order valence-electron chi connectivity index (χ4n) is 12.5. The molecule has 0 aromatic carbocycles. The summed E-state index contributed by atoms with van der Waals surface area (Å²) >= 11 is 0. The van der Waals surface area contributed by atoms with Gasteiger partial charge in [0.2, 0.25) is 0 Å². The highest BCUT2D eigenvalue weighted by Crippen LogP contribution is 2.38. The molecule has 98 heavy (non-hydrogen) atoms. The lowest BCUT2D eigenvalue weighted by Crippen LogP contribution is -2.37. The first-order chi connectivity index (χ1) is 48.0. The van der Waals surface area contributed by atoms with E-state index in [2.05, 4.69) is 98.9 Å². The van der Waals surface area contributed by atoms with Crippen LogP contribution >= 0.6 is 7.82 Å². The summed E-state index contributed by atoms with van der Waals surface area (Å²) in [5.74, 6) is -0.811. The standard InChI is InChI=1S/C88H162NO8P/c1-6-8-10-12-14-16-18-20-22-24-26-28-30-32-34-36-38-40-41-42-43-44-45-46-47-49-50-52-54-56-58-60-62-64-66-68-70-72-74-76-78-80-87(90)94-84-86(85-96-98(92,93)95-83-82-89(3,4)5)97-88(91)81-79-77-75-73-71-69-67-65-63-61-59-57-55-53-51-48-39-37-35-33-31-29-27-25-23-21-19-17-15-13-11-9-7-2/h9,11,15,17-18,20-21,23-24,26-27,29-30,32,86H,6-8,10,12-14,16,19,22,25,28,31,33-85H2,1-5H3/b11-9-,17-15-,20-18-,23-21-,26-24-,29-27-,32-30-. The average Bonchev–Trinajstić information content (AvgIpc) is 1.08. The Hall–Kier alpha value is -2.81. The molecular formula is C88H162NO8P. The first-order valence-corrected chi connectivity index (χ1v) is 43.8. The molecule has 10 heteroatoms. The lowest BCUT2D eigenvalue weighted by Gasteiger charge is -2.28. The van der Waals surface area contributed by atoms with Crippen molar-refractivity contribution in [2.24, 2.45) is 0 Å². The van der Waals surface area contributed by atoms with E-state index in [4.69, 9.17) is 18.5 Å². The number of carbonyl (C=O) groups excluding carboxylic acids is 2. The van der Waals surface area contributed by atoms with Gasteiger partial charge in [0, 0.05) is 12.8 Å². The number of carbonyl (C=O) groups is 2. The van der Waals surface area contributed by atoms with Gasteiger partial charge in [-0.15, -0.1) is 0 Å². The fourth-order valence-corrected chi connectivity index (χ4v) is 13.2. The van der Waals surface area contributed by atoms with Gasteiger partial charge in [0.1, 0.15) is 19.8 Å². The van der Waals surface area contributed by atoms with Crippen LogP contribution < -0.4 is 4.89 Å². The van der Waals surface area contributed by atoms with Crippen LogP contribution in [0.2, 0.25) is 0 Å². The van der Waals surface area contributed by atoms with Crippen molar-refractivity contribution in [1.29, 1.82) is 0 Å². The van der Waals surface area contributed by atoms with Gasteiger partial charge < -0.3 is 27.9 Å². The average molecular weight is 1390 g/mol. The number of allylic oxidation sites excluding steroid dienone is 14. The third-order valence-corrected chi connectivity index (χ3v) is 19.9. The zero-order chi connectivity index (χ0) is 71.1. The number of phosphoric ester groups is 1. The molecule has 2 unspecified atom stereocenters. The van der Waals surface area contributed by atoms with Crippen LogP contribution in [0.3, 0.4) is 0 Å². The molecule has 0 saturated heterocycles. The molecule has 0 rings (SSSR count). The Bertz CT molecular complexity index is 1930. The van der Waals surface area contributed by atoms with Crippen LogP contribution in [0.25, 0.3) is 0 Å². The molecule has 0 aliphatic rings. The van der Waals surface area contributed by atoms with Gasteiger partial charge in [0.15, 0.2) is 6.10 Å². The Morgan fingerprint density at radius 2 is 0.582 bits per heavy atom. The summed E-state index contributed by atoms with van der Waals surface area (Å²) in [5, 5.41) is 0. The van der Waals surface area contributed by atoms with Crippen LogP contribution in [0, 0.1) is 0 Å². The van der Waals surface area contributed by atoms with E-state index in [1.54, 1.807) is 0 Å². The second kappa shape index (κ2) is 78.3. The number of ether oxygens (including phenoxy) is 2. The summed E-state index contributed by atoms with van der Waals surface area (Å²) in [7, 11) is 1.18. The van der Waals surface area contributed by atoms with Crippen molar-refractivity contribution in [1.82, 2.24) is 0 Å². The predicted molar refractivity (Wildman–Crippen MR) is 425 cm³/mol. The van der Waals surface area contributed by atoms with Crippen LogP contribution in [0.15, 0.2) is 85.1 Å². The summed E-state index contributed by atoms with van der Waals surface area (Å²) in [6.07, 6.45) is 109. The van der Waals surface area contributed by atoms with Gasteiger partial charge in [-0.05, 0) is 89.9 Å². The normalized spacial score (nSPS) is 13.4. The molecule has 0 heterocycles. The molecule has 0 aliphatic carbocycles. The second-order valence-electron chi connectivity index (χ2n) is 29.8. The predicted octanol–water partition coefficient (Wildman–Crippen LogP) is 27.8. The smallest absolute Gasteiger partial charge is 0.306 e. The monoisotopic (exact) mass is 1390 g/mol. The number of likely N-dealkylation sites (N-methyl/N-ethyl adjacent to an activating group) is 1. The number of hydrogen-bond donors (Lipinski definition) is 0. The molecule has 572 valence electrons. The minimum absolute atomic E-state index is 0.0295. The van der Waals surface area contributed by atoms with Crippen molar-refractivity contribution >= 4 is 19.8 Å². The number of hydrogen-bond acceptors (Lipinski definition) is 8. The molecule has 0 radical (unpaired) electrons. The van der Waals surface area contributed by atoms with Crippen LogP contribution in [0.4, 0.5) is 0 Å². The van der Waals surface area contributed by atoms with Gasteiger partial charge in [-0.2, -0.15) is 0 Å². The van der Waals surface area contributed by atoms with Crippen LogP contribution in [0.5, 0.6) is 0 Å². The largest absolute Gasteiger partial charge is 0.756 e. The van der Waals surface area contributed by atoms with Gasteiger partial charge in [-0.25, -0.2) is 0 Å². The third kappa shape index (κ3) is 82.1. The van der Waals surface area contributed by atoms with E-state index in [1.165, 1.54) is 308 Å². The first-order valence-electron chi connectivity index (χ1n) is 42.3. The maximum absolute atomic E-state index is 12.9. The lowest BCUT2D eigenvalue weighted by atomic mass is 10.0. The minimum Gasteiger partial charge on any atom is -0.756 e. The van der Waals surface area contributed by atoms with Crippen molar-refractivity contribution in [2.45, 2.75) is 418 Å². The van der Waals surface area contributed by atoms with Gasteiger partial charge in [0.05, 0.1) is 27.7 Å². The van der Waals surface area contributed by atoms with Crippen LogP contribution in [0.1, 0.15) is 412 Å². The fraction of sp³-hybridized carbons (Fsp3) is 0.818. The highest BCUT2D eigenvalue weighted by Gasteiger charge is 2.22. The van der Waals surface area contributed by atoms with Crippen molar-refractivity contribution in [2.75, 3.05) is 47.5 Å². The molecule has 0 saturated carbocycles. The molecule has 0 N–H and O–H groups in total. The van der Waals surface area contributed by atoms with Gasteiger partial charge in [-0.1, -0.05) is 394 Å². The Morgan fingerprint density at radius 3 is 0.867 bits per heavy atom. The Labute approximate surface area is 609 Å². The van der Waals surface area contributed by atoms with Gasteiger partial charge in [-0.3, -0.25) is 14.2 Å². The molecule has 0 aliphatic heterocycles. The van der Waals surface area contributed by atoms with Gasteiger partial charge >= 0.3 is 11.9 Å². The van der Waals surface area contributed by atoms with Crippen LogP contribution in [-0.2, 0) is 32.7 Å². The van der Waals surface area contributed by atoms with Crippen molar-refractivity contribution in [3.63, 3.8) is 0 Å². The number of nitrogens with zero attached hydrogens (tertiary/aromatic N) is 1. The summed E-state index contributed by atoms with van der Waals surface area (Å²) < 4.78 is 34.5. The Morgan fingerprint density at radius 1 is 0.327 bits per heavy atom. The number of quaternary nitrogens is 1. The highest BCUT2D eigenvalue weighted by atomic mass is 31.2. The zero-order valence-electron chi connectivity index (χ0n) is 65.5. The summed E-state index contributed by atoms with van der Waals surface area (Å²) in [6.45, 7) is 4.18. The van der Waals surface area contributed by atoms with Crippen molar-refractivity contribution in [3.8, 4) is 0 Å². The molecule has 9 nitrogen and oxygen atoms in total. The van der Waals surface area contributed by atoms with E-state index in [-0.39, 0.29) is 32.0 Å². The van der Waals surface area contributed by atoms with Crippen molar-refractivity contribution < 1.29 is 42.1 Å². The van der Waals surface area contributed by atoms with E-state index in [0.717, 1.165) is 70.6 Å². The lowest BCUT2D eigenvalue weighted by molar-refractivity contribution is -0.870. The van der Waals surface area contributed by atoms with E-state index < -0.39 is 26.5 Å². The molecular weight excluding hydrogens is 1230 g/mol. The SMILES string of the molecule is CC/C=C\C/C=C\C/C=C\C/C=C\CCCCCCCCCCCCCCCCCCCCCCC(=O)OC(COC(=O)CCCCCCCCCCCCCCCCCCCCCCCCCCCC/C=C\C/C=C\C/C=C\CCCCCCC)COP(=O)([O-])OCC[N+](C)(C)C. The van der Waals surface area contributed by atoms with Crippen LogP contribution in [-0.4, -0.2) is 70.0 Å². The summed E-state index contributed by atoms with van der Waals surface area (Å²) in [5.41, 5.74) is 0. The summed E-state index contributed by atoms with van der Waals surface area (Å²) in [4.78, 5) is 38.2. The van der Waals surface area contributed by atoms with E-state index in [0.29, 0.717) is 17.4 Å². The topological polar surface area (TPSA) is 111 Å². The molecule has 0 amide bonds. The quantitative estimate of drug-likeness (QED) is 0.0195. The molecule has 2 atom stereocenters. The number of esters is 2. The van der Waals surface area contributed by atoms with E-state index in [9.17, 15) is 19.0 Å². The number of rotatable bonds is 79. The highest BCUT2D eigenvalue weighted by molar-refractivity contribution is 7.45. The first kappa shape index (κ1) is 95.2. The van der Waals surface area contributed by atoms with Crippen molar-refractivity contribution in [3.05, 3.63) is 85.1 Å². The maximum Gasteiger partial charge on any atom is 0.306 e. The second-order valence-corrected chi connectivity index (χ2v) is 31.2. The minimum atomic E-state index is -4.65. The number of unbranched alkanes of at least 4 members (excludes halogenated alkanes) is 51. The van der Waals surface area contributed by atoms with E-state index in [1.807, 2.05) is 21.1 Å². The number of phosphoric acid groups is 1. The third-order valence-electron chi connectivity index (χ3n) is 18.9. The molecule has 0 bridgehead atoms. The zero-order valence-corrected chi connectivity index (χ0v) is 66.4. The Balaban J connectivity index is 3.88. The van der Waals surface area contributed by atoms with Gasteiger partial charge in [0.25, 0.3) is 7.82 Å². The molecule has 0 spiro atoms. The summed E-state index contributed by atoms with van der Waals surface area (Å²) in [6, 6.07) is 0. The molecule has 0 fully saturated rings. The van der Waals surface area contributed by atoms with E-state index >= 15 is 0 Å². The molecule has 0 aromatic heterocycles. The maximum atomic E-state index is 12.9. The molecule has 0 aromatic rings.